The maximum absolute atomic E-state index is 9.45. The first kappa shape index (κ1) is 14.8. The Labute approximate surface area is 134 Å². The lowest BCUT2D eigenvalue weighted by atomic mass is 9.96. The smallest absolute Gasteiger partial charge is 0.134 e. The molecule has 0 bridgehead atoms. The lowest BCUT2D eigenvalue weighted by Gasteiger charge is -2.09. The van der Waals surface area contributed by atoms with E-state index >= 15 is 0 Å². The van der Waals surface area contributed by atoms with Crippen molar-refractivity contribution in [1.82, 2.24) is 0 Å². The lowest BCUT2D eigenvalue weighted by Crippen LogP contribution is -1.99. The minimum absolute atomic E-state index is 0.780. The molecule has 0 atom stereocenters. The fourth-order valence-electron chi connectivity index (χ4n) is 2.81. The molecule has 1 heterocycles. The number of ether oxygens (including phenoxy) is 1. The normalized spacial score (nSPS) is 13.9. The number of hydrogen-bond donors (Lipinski definition) is 0. The second-order valence-electron chi connectivity index (χ2n) is 5.48. The van der Waals surface area contributed by atoms with Gasteiger partial charge in [-0.05, 0) is 67.5 Å². The van der Waals surface area contributed by atoms with E-state index in [2.05, 4.69) is 11.1 Å². The van der Waals surface area contributed by atoms with E-state index in [-0.39, 0.29) is 0 Å². The molecule has 0 unspecified atom stereocenters. The zero-order chi connectivity index (χ0) is 15.5. The predicted molar refractivity (Wildman–Crippen MR) is 90.7 cm³/mol. The molecule has 0 saturated heterocycles. The van der Waals surface area contributed by atoms with E-state index in [1.54, 1.807) is 18.4 Å². The highest BCUT2D eigenvalue weighted by Crippen LogP contribution is 2.39. The molecule has 112 valence electrons. The summed E-state index contributed by atoms with van der Waals surface area (Å²) < 4.78 is 5.22. The minimum Gasteiger partial charge on any atom is -0.497 e. The molecule has 1 aliphatic carbocycles. The number of fused-ring (bicyclic) bond motifs is 1. The van der Waals surface area contributed by atoms with Gasteiger partial charge < -0.3 is 4.74 Å². The van der Waals surface area contributed by atoms with Crippen molar-refractivity contribution in [3.05, 3.63) is 45.3 Å². The number of nitrogens with zero attached hydrogens (tertiary/aromatic N) is 2. The fraction of sp³-hybridized carbons (Fsp3) is 0.333. The van der Waals surface area contributed by atoms with Crippen molar-refractivity contribution in [3.63, 3.8) is 0 Å². The van der Waals surface area contributed by atoms with Gasteiger partial charge in [0.15, 0.2) is 0 Å². The molecule has 0 fully saturated rings. The predicted octanol–water partition coefficient (Wildman–Crippen LogP) is 4.57. The van der Waals surface area contributed by atoms with E-state index in [0.29, 0.717) is 0 Å². The molecule has 2 aromatic rings. The summed E-state index contributed by atoms with van der Waals surface area (Å²) in [6.07, 6.45) is 6.36. The largest absolute Gasteiger partial charge is 0.497 e. The Bertz CT molecular complexity index is 768. The standard InChI is InChI=1S/C18H18N2OS/c1-12-9-14(21-2)8-7-13(12)11-20-18-16(10-19)15-5-3-4-6-17(15)22-18/h7-9,11H,3-6H2,1-2H3. The molecular weight excluding hydrogens is 292 g/mol. The first-order chi connectivity index (χ1) is 10.7. The van der Waals surface area contributed by atoms with Crippen LogP contribution in [-0.2, 0) is 12.8 Å². The quantitative estimate of drug-likeness (QED) is 0.780. The summed E-state index contributed by atoms with van der Waals surface area (Å²) in [6.45, 7) is 2.04. The van der Waals surface area contributed by atoms with Crippen molar-refractivity contribution in [2.24, 2.45) is 4.99 Å². The first-order valence-corrected chi connectivity index (χ1v) is 8.28. The molecule has 3 nitrogen and oxygen atoms in total. The summed E-state index contributed by atoms with van der Waals surface area (Å²) in [4.78, 5) is 5.95. The molecular formula is C18H18N2OS. The monoisotopic (exact) mass is 310 g/mol. The number of hydrogen-bond acceptors (Lipinski definition) is 4. The van der Waals surface area contributed by atoms with Crippen LogP contribution in [0.15, 0.2) is 23.2 Å². The van der Waals surface area contributed by atoms with Crippen molar-refractivity contribution in [2.75, 3.05) is 7.11 Å². The number of methoxy groups -OCH3 is 1. The van der Waals surface area contributed by atoms with E-state index in [4.69, 9.17) is 4.74 Å². The third kappa shape index (κ3) is 2.77. The average molecular weight is 310 g/mol. The SMILES string of the molecule is COc1ccc(C=Nc2sc3c(c2C#N)CCCC3)c(C)c1. The van der Waals surface area contributed by atoms with Crippen molar-refractivity contribution in [2.45, 2.75) is 32.6 Å². The molecule has 0 spiro atoms. The van der Waals surface area contributed by atoms with Gasteiger partial charge in [0.2, 0.25) is 0 Å². The zero-order valence-corrected chi connectivity index (χ0v) is 13.7. The zero-order valence-electron chi connectivity index (χ0n) is 12.8. The maximum atomic E-state index is 9.45. The lowest BCUT2D eigenvalue weighted by molar-refractivity contribution is 0.414. The van der Waals surface area contributed by atoms with Crippen LogP contribution < -0.4 is 4.74 Å². The summed E-state index contributed by atoms with van der Waals surface area (Å²) in [5.74, 6) is 0.846. The topological polar surface area (TPSA) is 45.4 Å². The van der Waals surface area contributed by atoms with Gasteiger partial charge in [-0.25, -0.2) is 4.99 Å². The molecule has 4 heteroatoms. The van der Waals surface area contributed by atoms with Crippen molar-refractivity contribution < 1.29 is 4.74 Å². The molecule has 1 aliphatic rings. The summed E-state index contributed by atoms with van der Waals surface area (Å²) in [6, 6.07) is 8.27. The highest BCUT2D eigenvalue weighted by atomic mass is 32.1. The summed E-state index contributed by atoms with van der Waals surface area (Å²) in [5.41, 5.74) is 4.18. The second-order valence-corrected chi connectivity index (χ2v) is 6.57. The van der Waals surface area contributed by atoms with Gasteiger partial charge in [0, 0.05) is 11.1 Å². The van der Waals surface area contributed by atoms with E-state index in [9.17, 15) is 5.26 Å². The highest BCUT2D eigenvalue weighted by Gasteiger charge is 2.20. The molecule has 0 saturated carbocycles. The summed E-state index contributed by atoms with van der Waals surface area (Å²) in [7, 11) is 1.66. The minimum atomic E-state index is 0.780. The van der Waals surface area contributed by atoms with Crippen molar-refractivity contribution in [1.29, 1.82) is 5.26 Å². The van der Waals surface area contributed by atoms with Crippen molar-refractivity contribution in [3.8, 4) is 11.8 Å². The summed E-state index contributed by atoms with van der Waals surface area (Å²) >= 11 is 1.67. The van der Waals surface area contributed by atoms with Crippen LogP contribution in [0.4, 0.5) is 5.00 Å². The molecule has 0 aliphatic heterocycles. The van der Waals surface area contributed by atoms with Gasteiger partial charge in [-0.15, -0.1) is 11.3 Å². The van der Waals surface area contributed by atoms with Gasteiger partial charge in [-0.2, -0.15) is 5.26 Å². The Hall–Kier alpha value is -2.12. The van der Waals surface area contributed by atoms with E-state index < -0.39 is 0 Å². The Morgan fingerprint density at radius 2 is 2.14 bits per heavy atom. The number of aliphatic imine (C=N–C) groups is 1. The first-order valence-electron chi connectivity index (χ1n) is 7.46. The number of nitriles is 1. The fourth-order valence-corrected chi connectivity index (χ4v) is 3.99. The van der Waals surface area contributed by atoms with Crippen LogP contribution in [-0.4, -0.2) is 13.3 Å². The summed E-state index contributed by atoms with van der Waals surface area (Å²) in [5, 5.41) is 10.3. The van der Waals surface area contributed by atoms with Gasteiger partial charge in [0.25, 0.3) is 0 Å². The Morgan fingerprint density at radius 3 is 2.86 bits per heavy atom. The van der Waals surface area contributed by atoms with Crippen LogP contribution in [0, 0.1) is 18.3 Å². The number of aryl methyl sites for hydroxylation is 2. The van der Waals surface area contributed by atoms with Gasteiger partial charge in [0.05, 0.1) is 12.7 Å². The second kappa shape index (κ2) is 6.33. The van der Waals surface area contributed by atoms with Crippen LogP contribution >= 0.6 is 11.3 Å². The van der Waals surface area contributed by atoms with Crippen LogP contribution in [0.5, 0.6) is 5.75 Å². The third-order valence-electron chi connectivity index (χ3n) is 4.06. The molecule has 22 heavy (non-hydrogen) atoms. The number of thiophene rings is 1. The molecule has 3 rings (SSSR count). The van der Waals surface area contributed by atoms with E-state index in [1.165, 1.54) is 23.3 Å². The Morgan fingerprint density at radius 1 is 1.32 bits per heavy atom. The molecule has 1 aromatic heterocycles. The molecule has 1 aromatic carbocycles. The molecule has 0 radical (unpaired) electrons. The maximum Gasteiger partial charge on any atom is 0.134 e. The Kier molecular flexibility index (Phi) is 4.26. The van der Waals surface area contributed by atoms with Gasteiger partial charge >= 0.3 is 0 Å². The van der Waals surface area contributed by atoms with E-state index in [1.807, 2.05) is 31.3 Å². The average Bonchev–Trinajstić information content (AvgIpc) is 2.91. The van der Waals surface area contributed by atoms with Gasteiger partial charge in [0.1, 0.15) is 16.8 Å². The van der Waals surface area contributed by atoms with E-state index in [0.717, 1.165) is 40.3 Å². The highest BCUT2D eigenvalue weighted by molar-refractivity contribution is 7.16. The van der Waals surface area contributed by atoms with Crippen LogP contribution in [0.1, 0.15) is 40.0 Å². The third-order valence-corrected chi connectivity index (χ3v) is 5.26. The van der Waals surface area contributed by atoms with Gasteiger partial charge in [-0.1, -0.05) is 0 Å². The van der Waals surface area contributed by atoms with Crippen LogP contribution in [0.3, 0.4) is 0 Å². The van der Waals surface area contributed by atoms with Crippen LogP contribution in [0.2, 0.25) is 0 Å². The number of rotatable bonds is 3. The number of benzene rings is 1. The van der Waals surface area contributed by atoms with Crippen LogP contribution in [0.25, 0.3) is 0 Å². The molecule has 0 amide bonds. The van der Waals surface area contributed by atoms with Gasteiger partial charge in [-0.3, -0.25) is 0 Å². The Balaban J connectivity index is 1.93. The van der Waals surface area contributed by atoms with Crippen molar-refractivity contribution >= 4 is 22.6 Å². The molecule has 0 N–H and O–H groups in total.